The van der Waals surface area contributed by atoms with Gasteiger partial charge >= 0.3 is 6.03 Å². The molecule has 5 nitrogen and oxygen atoms in total. The highest BCUT2D eigenvalue weighted by atomic mass is 19.1. The van der Waals surface area contributed by atoms with E-state index >= 15 is 0 Å². The fraction of sp³-hybridized carbons (Fsp3) is 0.348. The Morgan fingerprint density at radius 1 is 1.03 bits per heavy atom. The third kappa shape index (κ3) is 4.06. The van der Waals surface area contributed by atoms with Crippen molar-refractivity contribution < 1.29 is 18.8 Å². The number of nitrogens with one attached hydrogen (secondary N) is 1. The number of hydrogen-bond acceptors (Lipinski definition) is 3. The minimum Gasteiger partial charge on any atom is -0.319 e. The minimum absolute atomic E-state index is 0.292. The van der Waals surface area contributed by atoms with E-state index in [9.17, 15) is 18.8 Å². The number of carbonyl (C=O) groups is 3. The van der Waals surface area contributed by atoms with Crippen molar-refractivity contribution in [2.75, 3.05) is 6.54 Å². The zero-order chi connectivity index (χ0) is 21.0. The summed E-state index contributed by atoms with van der Waals surface area (Å²) in [5.41, 5.74) is 0.825. The van der Waals surface area contributed by atoms with E-state index in [1.54, 1.807) is 19.1 Å². The first-order valence-corrected chi connectivity index (χ1v) is 9.93. The normalized spacial score (nSPS) is 18.8. The number of carbonyl (C=O) groups excluding carboxylic acids is 3. The maximum atomic E-state index is 13.3. The molecule has 1 heterocycles. The Hall–Kier alpha value is -3.02. The Kier molecular flexibility index (Phi) is 6.11. The summed E-state index contributed by atoms with van der Waals surface area (Å²) in [6.45, 7) is 3.56. The van der Waals surface area contributed by atoms with Crippen LogP contribution < -0.4 is 5.32 Å². The van der Waals surface area contributed by atoms with Crippen molar-refractivity contribution in [1.29, 1.82) is 0 Å². The van der Waals surface area contributed by atoms with Crippen LogP contribution in [0.4, 0.5) is 9.18 Å². The van der Waals surface area contributed by atoms with E-state index in [2.05, 4.69) is 12.2 Å². The summed E-state index contributed by atoms with van der Waals surface area (Å²) in [6.07, 6.45) is 3.42. The first kappa shape index (κ1) is 20.7. The number of urea groups is 1. The lowest BCUT2D eigenvalue weighted by Crippen LogP contribution is -2.43. The predicted molar refractivity (Wildman–Crippen MR) is 108 cm³/mol. The van der Waals surface area contributed by atoms with Crippen molar-refractivity contribution in [3.05, 3.63) is 71.0 Å². The van der Waals surface area contributed by atoms with Gasteiger partial charge < -0.3 is 5.32 Å². The highest BCUT2D eigenvalue weighted by Gasteiger charge is 2.51. The van der Waals surface area contributed by atoms with E-state index in [1.165, 1.54) is 24.3 Å². The molecule has 1 aliphatic rings. The summed E-state index contributed by atoms with van der Waals surface area (Å²) < 4.78 is 13.3. The number of aryl methyl sites for hydroxylation is 1. The average Bonchev–Trinajstić information content (AvgIpc) is 2.98. The molecule has 3 amide bonds. The third-order valence-electron chi connectivity index (χ3n) is 5.44. The van der Waals surface area contributed by atoms with Gasteiger partial charge in [-0.2, -0.15) is 0 Å². The fourth-order valence-corrected chi connectivity index (χ4v) is 3.62. The number of unbranched alkanes of at least 4 members (excludes halogenated alkanes) is 1. The number of halogens is 1. The van der Waals surface area contributed by atoms with Crippen LogP contribution in [-0.4, -0.2) is 29.2 Å². The van der Waals surface area contributed by atoms with Gasteiger partial charge in [0.25, 0.3) is 5.91 Å². The number of amides is 3. The topological polar surface area (TPSA) is 66.5 Å². The van der Waals surface area contributed by atoms with Gasteiger partial charge in [0.05, 0.1) is 6.54 Å². The molecule has 1 fully saturated rings. The van der Waals surface area contributed by atoms with Crippen LogP contribution in [0.3, 0.4) is 0 Å². The Morgan fingerprint density at radius 3 is 2.28 bits per heavy atom. The van der Waals surface area contributed by atoms with Crippen LogP contribution in [0, 0.1) is 5.82 Å². The van der Waals surface area contributed by atoms with Crippen molar-refractivity contribution >= 4 is 17.7 Å². The van der Waals surface area contributed by atoms with E-state index in [1.807, 2.05) is 12.1 Å². The molecule has 0 aromatic heterocycles. The molecule has 0 saturated carbocycles. The maximum Gasteiger partial charge on any atom is 0.325 e. The van der Waals surface area contributed by atoms with Gasteiger partial charge in [0, 0.05) is 5.56 Å². The molecule has 1 aliphatic heterocycles. The molecule has 1 atom stereocenters. The average molecular weight is 396 g/mol. The zero-order valence-corrected chi connectivity index (χ0v) is 16.7. The molecule has 0 spiro atoms. The molecule has 152 valence electrons. The number of ketones is 1. The van der Waals surface area contributed by atoms with Crippen molar-refractivity contribution in [3.63, 3.8) is 0 Å². The summed E-state index contributed by atoms with van der Waals surface area (Å²) in [6, 6.07) is 12.1. The molecule has 0 radical (unpaired) electrons. The molecule has 1 saturated heterocycles. The van der Waals surface area contributed by atoms with Crippen molar-refractivity contribution in [1.82, 2.24) is 10.2 Å². The van der Waals surface area contributed by atoms with Crippen LogP contribution in [0.25, 0.3) is 0 Å². The highest BCUT2D eigenvalue weighted by molar-refractivity contribution is 6.11. The van der Waals surface area contributed by atoms with Crippen LogP contribution in [0.1, 0.15) is 54.6 Å². The lowest BCUT2D eigenvalue weighted by molar-refractivity contribution is -0.131. The number of nitrogens with zero attached hydrogens (tertiary/aromatic N) is 1. The third-order valence-corrected chi connectivity index (χ3v) is 5.44. The van der Waals surface area contributed by atoms with Crippen LogP contribution >= 0.6 is 0 Å². The van der Waals surface area contributed by atoms with Crippen LogP contribution in [0.15, 0.2) is 48.5 Å². The Labute approximate surface area is 169 Å². The van der Waals surface area contributed by atoms with Gasteiger partial charge in [0.15, 0.2) is 5.78 Å². The monoisotopic (exact) mass is 396 g/mol. The number of benzene rings is 2. The highest BCUT2D eigenvalue weighted by Crippen LogP contribution is 2.32. The quantitative estimate of drug-likeness (QED) is 0.537. The van der Waals surface area contributed by atoms with Gasteiger partial charge in [-0.1, -0.05) is 56.7 Å². The number of imide groups is 1. The molecule has 0 unspecified atom stereocenters. The summed E-state index contributed by atoms with van der Waals surface area (Å²) in [5.74, 6) is -1.22. The predicted octanol–water partition coefficient (Wildman–Crippen LogP) is 4.21. The van der Waals surface area contributed by atoms with Gasteiger partial charge in [-0.25, -0.2) is 9.18 Å². The number of Topliss-reactive ketones (excluding diaryl/α,β-unsaturated/α-hetero) is 1. The van der Waals surface area contributed by atoms with Crippen molar-refractivity contribution in [2.24, 2.45) is 0 Å². The number of hydrogen-bond donors (Lipinski definition) is 1. The largest absolute Gasteiger partial charge is 0.325 e. The first-order chi connectivity index (χ1) is 13.9. The minimum atomic E-state index is -1.28. The van der Waals surface area contributed by atoms with E-state index in [4.69, 9.17) is 0 Å². The Balaban J connectivity index is 1.77. The van der Waals surface area contributed by atoms with Crippen molar-refractivity contribution in [3.8, 4) is 0 Å². The molecule has 3 rings (SSSR count). The molecular weight excluding hydrogens is 371 g/mol. The van der Waals surface area contributed by atoms with E-state index in [0.717, 1.165) is 29.7 Å². The first-order valence-electron chi connectivity index (χ1n) is 9.93. The second-order valence-electron chi connectivity index (χ2n) is 7.31. The van der Waals surface area contributed by atoms with Crippen LogP contribution in [0.5, 0.6) is 0 Å². The maximum absolute atomic E-state index is 13.3. The second kappa shape index (κ2) is 8.55. The van der Waals surface area contributed by atoms with Crippen LogP contribution in [0.2, 0.25) is 0 Å². The Morgan fingerprint density at radius 2 is 1.69 bits per heavy atom. The van der Waals surface area contributed by atoms with E-state index < -0.39 is 23.3 Å². The van der Waals surface area contributed by atoms with Crippen LogP contribution in [-0.2, 0) is 16.8 Å². The summed E-state index contributed by atoms with van der Waals surface area (Å²) >= 11 is 0. The lowest BCUT2D eigenvalue weighted by atomic mass is 9.87. The zero-order valence-electron chi connectivity index (χ0n) is 16.7. The standard InChI is InChI=1S/C23H25FN2O3/c1-3-5-6-16-7-9-17(10-8-16)20(27)15-26-21(28)23(4-2,25-22(26)29)18-11-13-19(24)14-12-18/h7-14H,3-6,15H2,1-2H3,(H,25,29)/t23-/m0/s1. The van der Waals surface area contributed by atoms with E-state index in [0.29, 0.717) is 17.5 Å². The molecule has 1 N–H and O–H groups in total. The number of rotatable bonds is 8. The van der Waals surface area contributed by atoms with Gasteiger partial charge in [-0.3, -0.25) is 14.5 Å². The fourth-order valence-electron chi connectivity index (χ4n) is 3.62. The summed E-state index contributed by atoms with van der Waals surface area (Å²) in [5, 5.41) is 2.70. The smallest absolute Gasteiger partial charge is 0.319 e. The van der Waals surface area contributed by atoms with Gasteiger partial charge in [-0.15, -0.1) is 0 Å². The second-order valence-corrected chi connectivity index (χ2v) is 7.31. The van der Waals surface area contributed by atoms with Crippen molar-refractivity contribution in [2.45, 2.75) is 45.1 Å². The van der Waals surface area contributed by atoms with Gasteiger partial charge in [0.1, 0.15) is 11.4 Å². The molecular formula is C23H25FN2O3. The molecule has 2 aromatic rings. The molecule has 0 aliphatic carbocycles. The van der Waals surface area contributed by atoms with Gasteiger partial charge in [-0.05, 0) is 42.5 Å². The van der Waals surface area contributed by atoms with E-state index in [-0.39, 0.29) is 12.3 Å². The van der Waals surface area contributed by atoms with Gasteiger partial charge in [0.2, 0.25) is 0 Å². The SMILES string of the molecule is CCCCc1ccc(C(=O)CN2C(=O)N[C@@](CC)(c3ccc(F)cc3)C2=O)cc1. The lowest BCUT2D eigenvalue weighted by Gasteiger charge is -2.25. The Bertz CT molecular complexity index is 909. The molecule has 29 heavy (non-hydrogen) atoms. The summed E-state index contributed by atoms with van der Waals surface area (Å²) in [4.78, 5) is 39.2. The molecule has 0 bridgehead atoms. The molecule has 6 heteroatoms. The molecule has 2 aromatic carbocycles. The summed E-state index contributed by atoms with van der Waals surface area (Å²) in [7, 11) is 0.